The maximum Gasteiger partial charge on any atom is 0.200 e. The minimum Gasteiger partial charge on any atom is -0.260 e. The molecule has 0 spiro atoms. The predicted octanol–water partition coefficient (Wildman–Crippen LogP) is 2.58. The molecule has 4 aromatic heterocycles. The average Bonchev–Trinajstić information content (AvgIpc) is 3.38. The molecule has 0 amide bonds. The van der Waals surface area contributed by atoms with Crippen LogP contribution in [0.3, 0.4) is 0 Å². The summed E-state index contributed by atoms with van der Waals surface area (Å²) < 4.78 is 3.78. The van der Waals surface area contributed by atoms with Crippen LogP contribution in [-0.4, -0.2) is 34.4 Å². The molecule has 0 aliphatic rings. The van der Waals surface area contributed by atoms with Crippen molar-refractivity contribution in [1.29, 1.82) is 0 Å². The lowest BCUT2D eigenvalue weighted by molar-refractivity contribution is 0.0710. The first-order chi connectivity index (χ1) is 12.9. The molecule has 4 heterocycles. The maximum atomic E-state index is 4.48. The van der Waals surface area contributed by atoms with Gasteiger partial charge in [0.05, 0.1) is 11.4 Å². The number of nitrogens with zero attached hydrogens (tertiary/aromatic N) is 7. The normalized spacial score (nSPS) is 11.3. The molecule has 0 N–H and O–H groups in total. The predicted molar refractivity (Wildman–Crippen MR) is 96.6 cm³/mol. The molecular weight excluding hydrogens is 326 g/mol. The Balaban J connectivity index is 1.71. The van der Waals surface area contributed by atoms with Crippen molar-refractivity contribution in [3.05, 3.63) is 97.1 Å². The molecule has 0 bridgehead atoms. The summed E-state index contributed by atoms with van der Waals surface area (Å²) in [5.74, 6) is 0. The Hall–Kier alpha value is -3.32. The zero-order valence-corrected chi connectivity index (χ0v) is 14.2. The lowest BCUT2D eigenvalue weighted by Crippen LogP contribution is -2.37. The smallest absolute Gasteiger partial charge is 0.200 e. The SMILES string of the molecule is c1ccc(CN(Cc2ccccn2)C(n2cccn2)n2cccn2)nc1. The third kappa shape index (κ3) is 3.68. The van der Waals surface area contributed by atoms with Crippen molar-refractivity contribution in [2.75, 3.05) is 0 Å². The molecule has 0 saturated heterocycles. The zero-order chi connectivity index (χ0) is 17.6. The minimum atomic E-state index is -0.219. The van der Waals surface area contributed by atoms with Gasteiger partial charge < -0.3 is 0 Å². The Bertz CT molecular complexity index is 814. The molecule has 0 fully saturated rings. The van der Waals surface area contributed by atoms with Gasteiger partial charge in [-0.2, -0.15) is 10.2 Å². The molecule has 4 rings (SSSR count). The summed E-state index contributed by atoms with van der Waals surface area (Å²) in [7, 11) is 0. The van der Waals surface area contributed by atoms with Crippen LogP contribution >= 0.6 is 0 Å². The first-order valence-corrected chi connectivity index (χ1v) is 8.42. The minimum absolute atomic E-state index is 0.219. The summed E-state index contributed by atoms with van der Waals surface area (Å²) in [5.41, 5.74) is 1.96. The lowest BCUT2D eigenvalue weighted by Gasteiger charge is -2.31. The van der Waals surface area contributed by atoms with Crippen LogP contribution in [0.4, 0.5) is 0 Å². The Morgan fingerprint density at radius 3 is 1.62 bits per heavy atom. The fourth-order valence-electron chi connectivity index (χ4n) is 2.91. The van der Waals surface area contributed by atoms with Crippen LogP contribution in [0.25, 0.3) is 0 Å². The van der Waals surface area contributed by atoms with Crippen molar-refractivity contribution in [2.45, 2.75) is 19.4 Å². The van der Waals surface area contributed by atoms with Crippen molar-refractivity contribution >= 4 is 0 Å². The summed E-state index contributed by atoms with van der Waals surface area (Å²) >= 11 is 0. The highest BCUT2D eigenvalue weighted by molar-refractivity contribution is 5.07. The van der Waals surface area contributed by atoms with Crippen LogP contribution < -0.4 is 0 Å². The molecule has 0 aliphatic heterocycles. The largest absolute Gasteiger partial charge is 0.260 e. The summed E-state index contributed by atoms with van der Waals surface area (Å²) in [5, 5.41) is 8.90. The van der Waals surface area contributed by atoms with E-state index in [-0.39, 0.29) is 6.29 Å². The molecule has 130 valence electrons. The topological polar surface area (TPSA) is 64.7 Å². The fourth-order valence-corrected chi connectivity index (χ4v) is 2.91. The van der Waals surface area contributed by atoms with E-state index in [1.54, 1.807) is 12.4 Å². The Labute approximate surface area is 151 Å². The van der Waals surface area contributed by atoms with Gasteiger partial charge in [0.25, 0.3) is 0 Å². The van der Waals surface area contributed by atoms with Gasteiger partial charge in [-0.1, -0.05) is 12.1 Å². The summed E-state index contributed by atoms with van der Waals surface area (Å²) in [6, 6.07) is 15.7. The molecule has 7 nitrogen and oxygen atoms in total. The standard InChI is InChI=1S/C19H19N7/c1-3-9-20-17(7-1)15-24(16-18-8-2-4-10-21-18)19(25-13-5-11-22-25)26-14-6-12-23-26/h1-14,19H,15-16H2. The number of aromatic nitrogens is 6. The van der Waals surface area contributed by atoms with E-state index >= 15 is 0 Å². The van der Waals surface area contributed by atoms with Crippen LogP contribution in [0.15, 0.2) is 85.7 Å². The Morgan fingerprint density at radius 1 is 0.692 bits per heavy atom. The Morgan fingerprint density at radius 2 is 1.23 bits per heavy atom. The monoisotopic (exact) mass is 345 g/mol. The van der Waals surface area contributed by atoms with E-state index in [9.17, 15) is 0 Å². The van der Waals surface area contributed by atoms with Gasteiger partial charge in [0.1, 0.15) is 0 Å². The van der Waals surface area contributed by atoms with E-state index in [0.29, 0.717) is 13.1 Å². The summed E-state index contributed by atoms with van der Waals surface area (Å²) in [6.07, 6.45) is 10.8. The second kappa shape index (κ2) is 7.71. The molecule has 0 saturated carbocycles. The maximum absolute atomic E-state index is 4.48. The first kappa shape index (κ1) is 16.2. The zero-order valence-electron chi connectivity index (χ0n) is 14.2. The van der Waals surface area contributed by atoms with E-state index in [1.165, 1.54) is 0 Å². The van der Waals surface area contributed by atoms with Gasteiger partial charge in [0.2, 0.25) is 0 Å². The number of hydrogen-bond donors (Lipinski definition) is 0. The van der Waals surface area contributed by atoms with Crippen molar-refractivity contribution < 1.29 is 0 Å². The average molecular weight is 345 g/mol. The fraction of sp³-hybridized carbons (Fsp3) is 0.158. The lowest BCUT2D eigenvalue weighted by atomic mass is 10.3. The van der Waals surface area contributed by atoms with Crippen LogP contribution in [0.5, 0.6) is 0 Å². The second-order valence-corrected chi connectivity index (χ2v) is 5.87. The Kier molecular flexibility index (Phi) is 4.79. The highest BCUT2D eigenvalue weighted by atomic mass is 15.6. The van der Waals surface area contributed by atoms with E-state index in [2.05, 4.69) is 25.1 Å². The molecule has 0 aliphatic carbocycles. The van der Waals surface area contributed by atoms with E-state index in [0.717, 1.165) is 11.4 Å². The molecule has 0 atom stereocenters. The number of rotatable bonds is 7. The molecular formula is C19H19N7. The van der Waals surface area contributed by atoms with Crippen LogP contribution in [-0.2, 0) is 13.1 Å². The highest BCUT2D eigenvalue weighted by Gasteiger charge is 2.24. The van der Waals surface area contributed by atoms with Gasteiger partial charge in [-0.3, -0.25) is 14.9 Å². The van der Waals surface area contributed by atoms with E-state index in [1.807, 2.05) is 82.7 Å². The molecule has 0 radical (unpaired) electrons. The van der Waals surface area contributed by atoms with Crippen molar-refractivity contribution in [3.63, 3.8) is 0 Å². The van der Waals surface area contributed by atoms with Crippen molar-refractivity contribution in [1.82, 2.24) is 34.4 Å². The van der Waals surface area contributed by atoms with Gasteiger partial charge in [-0.15, -0.1) is 0 Å². The third-order valence-corrected chi connectivity index (χ3v) is 4.03. The summed E-state index contributed by atoms with van der Waals surface area (Å²) in [6.45, 7) is 1.28. The second-order valence-electron chi connectivity index (χ2n) is 5.87. The van der Waals surface area contributed by atoms with Crippen molar-refractivity contribution in [3.8, 4) is 0 Å². The van der Waals surface area contributed by atoms with Crippen molar-refractivity contribution in [2.24, 2.45) is 0 Å². The first-order valence-electron chi connectivity index (χ1n) is 8.42. The van der Waals surface area contributed by atoms with Gasteiger partial charge in [0, 0.05) is 50.3 Å². The van der Waals surface area contributed by atoms with Gasteiger partial charge >= 0.3 is 0 Å². The highest BCUT2D eigenvalue weighted by Crippen LogP contribution is 2.19. The van der Waals surface area contributed by atoms with Crippen LogP contribution in [0.1, 0.15) is 17.7 Å². The molecule has 4 aromatic rings. The number of pyridine rings is 2. The number of hydrogen-bond acceptors (Lipinski definition) is 5. The molecule has 7 heteroatoms. The molecule has 0 aromatic carbocycles. The van der Waals surface area contributed by atoms with Gasteiger partial charge in [-0.25, -0.2) is 9.36 Å². The van der Waals surface area contributed by atoms with Gasteiger partial charge in [-0.05, 0) is 36.4 Å². The van der Waals surface area contributed by atoms with E-state index < -0.39 is 0 Å². The quantitative estimate of drug-likeness (QED) is 0.515. The van der Waals surface area contributed by atoms with E-state index in [4.69, 9.17) is 0 Å². The molecule has 26 heavy (non-hydrogen) atoms. The molecule has 0 unspecified atom stereocenters. The van der Waals surface area contributed by atoms with Crippen LogP contribution in [0, 0.1) is 0 Å². The van der Waals surface area contributed by atoms with Gasteiger partial charge in [0.15, 0.2) is 6.29 Å². The van der Waals surface area contributed by atoms with Crippen LogP contribution in [0.2, 0.25) is 0 Å². The summed E-state index contributed by atoms with van der Waals surface area (Å²) in [4.78, 5) is 11.2. The third-order valence-electron chi connectivity index (χ3n) is 4.03.